The molecule has 0 radical (unpaired) electrons. The first kappa shape index (κ1) is 13.6. The van der Waals surface area contributed by atoms with Gasteiger partial charge in [0.15, 0.2) is 10.9 Å². The van der Waals surface area contributed by atoms with Crippen LogP contribution < -0.4 is 5.73 Å². The van der Waals surface area contributed by atoms with E-state index in [0.717, 1.165) is 17.0 Å². The van der Waals surface area contributed by atoms with Crippen LogP contribution in [0.3, 0.4) is 0 Å². The molecule has 0 saturated carbocycles. The number of benzene rings is 1. The van der Waals surface area contributed by atoms with Gasteiger partial charge < -0.3 is 10.2 Å². The van der Waals surface area contributed by atoms with Gasteiger partial charge in [0.25, 0.3) is 0 Å². The van der Waals surface area contributed by atoms with Gasteiger partial charge in [0.2, 0.25) is 5.89 Å². The Labute approximate surface area is 126 Å². The van der Waals surface area contributed by atoms with E-state index in [-0.39, 0.29) is 0 Å². The number of nitrogen functional groups attached to an aromatic ring is 1. The van der Waals surface area contributed by atoms with Gasteiger partial charge in [-0.1, -0.05) is 42.1 Å². The summed E-state index contributed by atoms with van der Waals surface area (Å²) in [5.74, 6) is 2.44. The molecule has 0 aliphatic rings. The maximum atomic E-state index is 5.73. The summed E-state index contributed by atoms with van der Waals surface area (Å²) in [6.07, 6.45) is 1.73. The number of hydrogen-bond acceptors (Lipinski definition) is 6. The van der Waals surface area contributed by atoms with Crippen LogP contribution in [0.1, 0.15) is 11.6 Å². The number of rotatable bonds is 4. The molecule has 106 valence electrons. The Morgan fingerprint density at radius 3 is 2.76 bits per heavy atom. The molecule has 5 nitrogen and oxygen atoms in total. The Bertz CT molecular complexity index is 722. The summed E-state index contributed by atoms with van der Waals surface area (Å²) < 4.78 is 5.73. The molecule has 0 saturated heterocycles. The molecule has 1 aromatic carbocycles. The molecule has 0 aliphatic carbocycles. The van der Waals surface area contributed by atoms with E-state index in [2.05, 4.69) is 15.0 Å². The average molecular weight is 298 g/mol. The van der Waals surface area contributed by atoms with E-state index in [1.807, 2.05) is 37.3 Å². The van der Waals surface area contributed by atoms with Crippen molar-refractivity contribution in [2.24, 2.45) is 0 Å². The molecule has 3 aromatic rings. The van der Waals surface area contributed by atoms with E-state index in [9.17, 15) is 0 Å². The van der Waals surface area contributed by atoms with Crippen LogP contribution in [0.25, 0.3) is 11.3 Å². The summed E-state index contributed by atoms with van der Waals surface area (Å²) >= 11 is 1.45. The zero-order chi connectivity index (χ0) is 14.7. The molecule has 2 heterocycles. The number of thioether (sulfide) groups is 1. The van der Waals surface area contributed by atoms with Crippen LogP contribution in [0.15, 0.2) is 52.2 Å². The summed E-state index contributed by atoms with van der Waals surface area (Å²) in [5, 5.41) is 0.631. The van der Waals surface area contributed by atoms with E-state index in [1.165, 1.54) is 11.8 Å². The highest BCUT2D eigenvalue weighted by molar-refractivity contribution is 7.98. The van der Waals surface area contributed by atoms with Gasteiger partial charge in [0, 0.05) is 17.3 Å². The fourth-order valence-corrected chi connectivity index (χ4v) is 2.63. The smallest absolute Gasteiger partial charge is 0.205 e. The van der Waals surface area contributed by atoms with Crippen LogP contribution in [-0.2, 0) is 5.75 Å². The van der Waals surface area contributed by atoms with Crippen molar-refractivity contribution in [2.75, 3.05) is 5.73 Å². The molecule has 0 amide bonds. The second kappa shape index (κ2) is 5.97. The fraction of sp³-hybridized carbons (Fsp3) is 0.133. The molecular formula is C15H14N4OS. The van der Waals surface area contributed by atoms with Crippen molar-refractivity contribution in [2.45, 2.75) is 17.8 Å². The Morgan fingerprint density at radius 2 is 2.00 bits per heavy atom. The summed E-state index contributed by atoms with van der Waals surface area (Å²) in [5.41, 5.74) is 7.57. The van der Waals surface area contributed by atoms with Gasteiger partial charge >= 0.3 is 0 Å². The molecule has 21 heavy (non-hydrogen) atoms. The molecular weight excluding hydrogens is 284 g/mol. The molecule has 2 aromatic heterocycles. The van der Waals surface area contributed by atoms with E-state index in [4.69, 9.17) is 10.2 Å². The van der Waals surface area contributed by atoms with E-state index < -0.39 is 0 Å². The lowest BCUT2D eigenvalue weighted by Gasteiger charge is -2.00. The molecule has 6 heteroatoms. The first-order chi connectivity index (χ1) is 10.2. The van der Waals surface area contributed by atoms with Crippen LogP contribution in [0.5, 0.6) is 0 Å². The van der Waals surface area contributed by atoms with E-state index in [1.54, 1.807) is 12.3 Å². The number of oxazole rings is 1. The van der Waals surface area contributed by atoms with Crippen LogP contribution in [0.2, 0.25) is 0 Å². The highest BCUT2D eigenvalue weighted by Gasteiger charge is 2.08. The highest BCUT2D eigenvalue weighted by atomic mass is 32.2. The fourth-order valence-electron chi connectivity index (χ4n) is 1.87. The predicted molar refractivity (Wildman–Crippen MR) is 82.7 cm³/mol. The largest absolute Gasteiger partial charge is 0.440 e. The Hall–Kier alpha value is -2.34. The van der Waals surface area contributed by atoms with Gasteiger partial charge in [-0.25, -0.2) is 15.0 Å². The number of aromatic nitrogens is 3. The number of aryl methyl sites for hydroxylation is 1. The van der Waals surface area contributed by atoms with Crippen molar-refractivity contribution < 1.29 is 4.42 Å². The lowest BCUT2D eigenvalue weighted by atomic mass is 10.2. The number of nitrogens with zero attached hydrogens (tertiary/aromatic N) is 3. The molecule has 0 aliphatic heterocycles. The third-order valence-electron chi connectivity index (χ3n) is 2.79. The van der Waals surface area contributed by atoms with Crippen molar-refractivity contribution in [3.05, 3.63) is 54.2 Å². The standard InChI is InChI=1S/C15H14N4OS/c1-10-7-13(16)19-15(18-10)21-9-14-17-8-12(20-14)11-5-3-2-4-6-11/h2-8H,9H2,1H3,(H2,16,18,19). The SMILES string of the molecule is Cc1cc(N)nc(SCc2ncc(-c3ccccc3)o2)n1. The van der Waals surface area contributed by atoms with Crippen LogP contribution in [0, 0.1) is 6.92 Å². The van der Waals surface area contributed by atoms with Gasteiger partial charge in [-0.2, -0.15) is 0 Å². The highest BCUT2D eigenvalue weighted by Crippen LogP contribution is 2.24. The van der Waals surface area contributed by atoms with Gasteiger partial charge in [0.1, 0.15) is 5.82 Å². The molecule has 0 bridgehead atoms. The van der Waals surface area contributed by atoms with Crippen molar-refractivity contribution in [3.63, 3.8) is 0 Å². The minimum atomic E-state index is 0.474. The zero-order valence-electron chi connectivity index (χ0n) is 11.5. The van der Waals surface area contributed by atoms with Crippen molar-refractivity contribution in [3.8, 4) is 11.3 Å². The second-order valence-corrected chi connectivity index (χ2v) is 5.43. The lowest BCUT2D eigenvalue weighted by molar-refractivity contribution is 0.530. The monoisotopic (exact) mass is 298 g/mol. The van der Waals surface area contributed by atoms with Gasteiger partial charge in [-0.3, -0.25) is 0 Å². The third kappa shape index (κ3) is 3.41. The minimum Gasteiger partial charge on any atom is -0.440 e. The molecule has 0 unspecified atom stereocenters. The molecule has 2 N–H and O–H groups in total. The van der Waals surface area contributed by atoms with Gasteiger partial charge in [-0.15, -0.1) is 0 Å². The number of hydrogen-bond donors (Lipinski definition) is 1. The normalized spacial score (nSPS) is 10.7. The predicted octanol–water partition coefficient (Wildman–Crippen LogP) is 3.31. The minimum absolute atomic E-state index is 0.474. The number of anilines is 1. The molecule has 0 spiro atoms. The Kier molecular flexibility index (Phi) is 3.87. The lowest BCUT2D eigenvalue weighted by Crippen LogP contribution is -1.96. The zero-order valence-corrected chi connectivity index (χ0v) is 12.3. The summed E-state index contributed by atoms with van der Waals surface area (Å²) in [6.45, 7) is 1.89. The van der Waals surface area contributed by atoms with Crippen LogP contribution >= 0.6 is 11.8 Å². The molecule has 0 atom stereocenters. The maximum absolute atomic E-state index is 5.73. The quantitative estimate of drug-likeness (QED) is 0.588. The van der Waals surface area contributed by atoms with Crippen LogP contribution in [0.4, 0.5) is 5.82 Å². The Balaban J connectivity index is 1.70. The first-order valence-corrected chi connectivity index (χ1v) is 7.43. The van der Waals surface area contributed by atoms with Crippen LogP contribution in [-0.4, -0.2) is 15.0 Å². The van der Waals surface area contributed by atoms with Gasteiger partial charge in [-0.05, 0) is 6.92 Å². The number of nitrogens with two attached hydrogens (primary N) is 1. The summed E-state index contributed by atoms with van der Waals surface area (Å²) in [4.78, 5) is 12.8. The molecule has 0 fully saturated rings. The van der Waals surface area contributed by atoms with Gasteiger partial charge in [0.05, 0.1) is 11.9 Å². The summed E-state index contributed by atoms with van der Waals surface area (Å²) in [7, 11) is 0. The second-order valence-electron chi connectivity index (χ2n) is 4.49. The first-order valence-electron chi connectivity index (χ1n) is 6.45. The summed E-state index contributed by atoms with van der Waals surface area (Å²) in [6, 6.07) is 11.6. The topological polar surface area (TPSA) is 77.8 Å². The van der Waals surface area contributed by atoms with Crippen molar-refractivity contribution in [1.82, 2.24) is 15.0 Å². The van der Waals surface area contributed by atoms with E-state index >= 15 is 0 Å². The average Bonchev–Trinajstić information content (AvgIpc) is 2.94. The van der Waals surface area contributed by atoms with Crippen molar-refractivity contribution in [1.29, 1.82) is 0 Å². The van der Waals surface area contributed by atoms with Crippen molar-refractivity contribution >= 4 is 17.6 Å². The maximum Gasteiger partial charge on any atom is 0.205 e. The van der Waals surface area contributed by atoms with E-state index in [0.29, 0.717) is 22.6 Å². The molecule has 3 rings (SSSR count). The Morgan fingerprint density at radius 1 is 1.19 bits per heavy atom. The third-order valence-corrected chi connectivity index (χ3v) is 3.62.